The third-order valence-electron chi connectivity index (χ3n) is 3.72. The molecule has 0 spiro atoms. The smallest absolute Gasteiger partial charge is 0.283 e. The Morgan fingerprint density at radius 3 is 2.81 bits per heavy atom. The number of methoxy groups -OCH3 is 1. The average Bonchev–Trinajstić information content (AvgIpc) is 2.95. The van der Waals surface area contributed by atoms with E-state index in [2.05, 4.69) is 26.5 Å². The highest BCUT2D eigenvalue weighted by Gasteiger charge is 2.17. The molecule has 8 heteroatoms. The van der Waals surface area contributed by atoms with E-state index in [1.807, 2.05) is 18.2 Å². The summed E-state index contributed by atoms with van der Waals surface area (Å²) < 4.78 is 6.91. The number of aromatic hydroxyl groups is 1. The number of hydrazone groups is 1. The Kier molecular flexibility index (Phi) is 5.50. The zero-order valence-corrected chi connectivity index (χ0v) is 17.0. The number of phenolic OH excluding ortho intramolecular Hbond substituents is 1. The van der Waals surface area contributed by atoms with E-state index in [1.54, 1.807) is 19.1 Å². The molecule has 0 saturated carbocycles. The maximum absolute atomic E-state index is 12.5. The monoisotopic (exact) mass is 452 g/mol. The van der Waals surface area contributed by atoms with Crippen LogP contribution < -0.4 is 10.2 Å². The molecule has 0 fully saturated rings. The van der Waals surface area contributed by atoms with Gasteiger partial charge in [0.25, 0.3) is 5.91 Å². The molecule has 5 nitrogen and oxygen atoms in total. The minimum absolute atomic E-state index is 0.0382. The number of halogens is 2. The number of amides is 1. The lowest BCUT2D eigenvalue weighted by molar-refractivity contribution is 0.0959. The van der Waals surface area contributed by atoms with Gasteiger partial charge in [-0.25, -0.2) is 5.43 Å². The van der Waals surface area contributed by atoms with Gasteiger partial charge in [-0.15, -0.1) is 11.3 Å². The molecule has 0 bridgehead atoms. The Labute approximate surface area is 167 Å². The largest absolute Gasteiger partial charge is 0.504 e. The molecule has 3 rings (SSSR count). The summed E-state index contributed by atoms with van der Waals surface area (Å²) in [5.74, 6) is -0.00442. The quantitative estimate of drug-likeness (QED) is 0.422. The highest BCUT2D eigenvalue weighted by atomic mass is 79.9. The van der Waals surface area contributed by atoms with Gasteiger partial charge in [-0.1, -0.05) is 33.6 Å². The highest BCUT2D eigenvalue weighted by molar-refractivity contribution is 9.10. The number of thiophene rings is 1. The summed E-state index contributed by atoms with van der Waals surface area (Å²) >= 11 is 11.0. The Morgan fingerprint density at radius 1 is 1.31 bits per heavy atom. The highest BCUT2D eigenvalue weighted by Crippen LogP contribution is 2.36. The molecule has 134 valence electrons. The Morgan fingerprint density at radius 2 is 2.08 bits per heavy atom. The van der Waals surface area contributed by atoms with Crippen LogP contribution in [0.15, 0.2) is 46.0 Å². The molecule has 2 N–H and O–H groups in total. The first-order valence-electron chi connectivity index (χ1n) is 7.50. The third kappa shape index (κ3) is 3.70. The van der Waals surface area contributed by atoms with E-state index in [0.717, 1.165) is 14.6 Å². The topological polar surface area (TPSA) is 70.9 Å². The maximum atomic E-state index is 12.5. The number of fused-ring (bicyclic) bond motifs is 1. The molecule has 0 saturated heterocycles. The SMILES string of the molecule is COc1cc(C(C)=NNC(=O)c2sc3cc(Br)ccc3c2Cl)ccc1O. The number of ether oxygens (including phenoxy) is 1. The zero-order valence-electron chi connectivity index (χ0n) is 13.8. The number of rotatable bonds is 4. The number of phenols is 1. The van der Waals surface area contributed by atoms with Crippen LogP contribution in [0.3, 0.4) is 0 Å². The van der Waals surface area contributed by atoms with Crippen LogP contribution in [0, 0.1) is 0 Å². The number of carbonyl (C=O) groups excluding carboxylic acids is 1. The second kappa shape index (κ2) is 7.65. The predicted molar refractivity (Wildman–Crippen MR) is 109 cm³/mol. The maximum Gasteiger partial charge on any atom is 0.283 e. The van der Waals surface area contributed by atoms with Gasteiger partial charge in [-0.05, 0) is 37.3 Å². The first-order chi connectivity index (χ1) is 12.4. The summed E-state index contributed by atoms with van der Waals surface area (Å²) in [6.07, 6.45) is 0. The van der Waals surface area contributed by atoms with Crippen molar-refractivity contribution in [3.8, 4) is 11.5 Å². The van der Waals surface area contributed by atoms with Gasteiger partial charge < -0.3 is 9.84 Å². The molecule has 0 aliphatic carbocycles. The van der Waals surface area contributed by atoms with Crippen molar-refractivity contribution in [1.82, 2.24) is 5.43 Å². The fourth-order valence-corrected chi connectivity index (χ4v) is 4.30. The Hall–Kier alpha value is -2.09. The minimum atomic E-state index is -0.377. The van der Waals surface area contributed by atoms with Gasteiger partial charge in [-0.2, -0.15) is 5.10 Å². The van der Waals surface area contributed by atoms with Crippen molar-refractivity contribution in [1.29, 1.82) is 0 Å². The van der Waals surface area contributed by atoms with E-state index in [0.29, 0.717) is 26.9 Å². The molecule has 3 aromatic rings. The van der Waals surface area contributed by atoms with E-state index in [1.165, 1.54) is 24.5 Å². The summed E-state index contributed by atoms with van der Waals surface area (Å²) in [7, 11) is 1.47. The standard InChI is InChI=1S/C18H14BrClN2O3S/c1-9(10-3-6-13(23)14(7-10)25-2)21-22-18(24)17-16(20)12-5-4-11(19)8-15(12)26-17/h3-8,23H,1-2H3,(H,22,24). The lowest BCUT2D eigenvalue weighted by atomic mass is 10.1. The fourth-order valence-electron chi connectivity index (χ4n) is 2.34. The van der Waals surface area contributed by atoms with Crippen LogP contribution >= 0.6 is 38.9 Å². The normalized spacial score (nSPS) is 11.6. The van der Waals surface area contributed by atoms with Gasteiger partial charge in [0.1, 0.15) is 4.88 Å². The van der Waals surface area contributed by atoms with Crippen LogP contribution in [0.5, 0.6) is 11.5 Å². The van der Waals surface area contributed by atoms with Crippen LogP contribution in [-0.2, 0) is 0 Å². The van der Waals surface area contributed by atoms with E-state index in [-0.39, 0.29) is 11.7 Å². The van der Waals surface area contributed by atoms with Crippen molar-refractivity contribution >= 4 is 60.6 Å². The molecular formula is C18H14BrClN2O3S. The molecule has 0 radical (unpaired) electrons. The van der Waals surface area contributed by atoms with Crippen molar-refractivity contribution in [2.75, 3.05) is 7.11 Å². The second-order valence-electron chi connectivity index (χ2n) is 5.41. The van der Waals surface area contributed by atoms with Crippen LogP contribution in [0.25, 0.3) is 10.1 Å². The van der Waals surface area contributed by atoms with Gasteiger partial charge in [0, 0.05) is 20.1 Å². The lowest BCUT2D eigenvalue weighted by Gasteiger charge is -2.06. The van der Waals surface area contributed by atoms with Crippen molar-refractivity contribution in [3.05, 3.63) is 56.3 Å². The molecule has 1 heterocycles. The number of hydrogen-bond acceptors (Lipinski definition) is 5. The predicted octanol–water partition coefficient (Wildman–Crippen LogP) is 5.19. The molecule has 1 amide bonds. The molecule has 0 aliphatic rings. The lowest BCUT2D eigenvalue weighted by Crippen LogP contribution is -2.18. The molecule has 1 aromatic heterocycles. The summed E-state index contributed by atoms with van der Waals surface area (Å²) in [6, 6.07) is 10.5. The molecule has 0 unspecified atom stereocenters. The molecule has 26 heavy (non-hydrogen) atoms. The van der Waals surface area contributed by atoms with Crippen LogP contribution in [-0.4, -0.2) is 23.8 Å². The van der Waals surface area contributed by atoms with Crippen molar-refractivity contribution < 1.29 is 14.6 Å². The van der Waals surface area contributed by atoms with Crippen molar-refractivity contribution in [2.24, 2.45) is 5.10 Å². The number of benzene rings is 2. The number of nitrogens with one attached hydrogen (secondary N) is 1. The second-order valence-corrected chi connectivity index (χ2v) is 7.76. The molecule has 0 atom stereocenters. The zero-order chi connectivity index (χ0) is 18.8. The first-order valence-corrected chi connectivity index (χ1v) is 9.49. The molecule has 0 aliphatic heterocycles. The van der Waals surface area contributed by atoms with E-state index in [9.17, 15) is 9.90 Å². The van der Waals surface area contributed by atoms with E-state index >= 15 is 0 Å². The van der Waals surface area contributed by atoms with Crippen LogP contribution in [0.1, 0.15) is 22.2 Å². The summed E-state index contributed by atoms with van der Waals surface area (Å²) in [5, 5.41) is 15.0. The van der Waals surface area contributed by atoms with Gasteiger partial charge in [0.15, 0.2) is 11.5 Å². The summed E-state index contributed by atoms with van der Waals surface area (Å²) in [4.78, 5) is 12.9. The van der Waals surface area contributed by atoms with Crippen LogP contribution in [0.4, 0.5) is 0 Å². The van der Waals surface area contributed by atoms with Gasteiger partial charge >= 0.3 is 0 Å². The van der Waals surface area contributed by atoms with Gasteiger partial charge in [-0.3, -0.25) is 4.79 Å². The van der Waals surface area contributed by atoms with Crippen molar-refractivity contribution in [2.45, 2.75) is 6.92 Å². The minimum Gasteiger partial charge on any atom is -0.504 e. The van der Waals surface area contributed by atoms with Gasteiger partial charge in [0.2, 0.25) is 0 Å². The van der Waals surface area contributed by atoms with Crippen molar-refractivity contribution in [3.63, 3.8) is 0 Å². The fraction of sp³-hybridized carbons (Fsp3) is 0.111. The van der Waals surface area contributed by atoms with Crippen LogP contribution in [0.2, 0.25) is 5.02 Å². The number of nitrogens with zero attached hydrogens (tertiary/aromatic N) is 1. The molecular weight excluding hydrogens is 440 g/mol. The first kappa shape index (κ1) is 18.7. The van der Waals surface area contributed by atoms with Gasteiger partial charge in [0.05, 0.1) is 17.8 Å². The Balaban J connectivity index is 1.84. The van der Waals surface area contributed by atoms with E-state index < -0.39 is 0 Å². The molecule has 2 aromatic carbocycles. The third-order valence-corrected chi connectivity index (χ3v) is 5.87. The summed E-state index contributed by atoms with van der Waals surface area (Å²) in [5.41, 5.74) is 3.81. The number of carbonyl (C=O) groups is 1. The summed E-state index contributed by atoms with van der Waals surface area (Å²) in [6.45, 7) is 1.75. The van der Waals surface area contributed by atoms with E-state index in [4.69, 9.17) is 16.3 Å². The average molecular weight is 454 g/mol. The Bertz CT molecular complexity index is 1030. The number of hydrogen-bond donors (Lipinski definition) is 2.